The number of piperidine rings is 1. The lowest BCUT2D eigenvalue weighted by Crippen LogP contribution is -2.57. The van der Waals surface area contributed by atoms with Gasteiger partial charge < -0.3 is 14.4 Å². The average molecular weight is 311 g/mol. The SMILES string of the molecule is C#CC1(CC)CCN(C(=O)O)CC1O[Si](C)(C)C(C)(C)C. The number of terminal acetylenes is 1. The van der Waals surface area contributed by atoms with Gasteiger partial charge in [-0.25, -0.2) is 4.79 Å². The molecule has 2 atom stereocenters. The highest BCUT2D eigenvalue weighted by atomic mass is 28.4. The second kappa shape index (κ2) is 6.02. The van der Waals surface area contributed by atoms with Gasteiger partial charge in [0.25, 0.3) is 0 Å². The summed E-state index contributed by atoms with van der Waals surface area (Å²) in [6.07, 6.45) is 6.20. The topological polar surface area (TPSA) is 49.8 Å². The Morgan fingerprint density at radius 2 is 2.10 bits per heavy atom. The van der Waals surface area contributed by atoms with Crippen molar-refractivity contribution in [2.75, 3.05) is 13.1 Å². The van der Waals surface area contributed by atoms with E-state index in [0.29, 0.717) is 19.5 Å². The summed E-state index contributed by atoms with van der Waals surface area (Å²) in [6.45, 7) is 13.8. The molecule has 4 nitrogen and oxygen atoms in total. The highest BCUT2D eigenvalue weighted by Gasteiger charge is 2.48. The van der Waals surface area contributed by atoms with E-state index in [0.717, 1.165) is 6.42 Å². The number of likely N-dealkylation sites (tertiary alicyclic amines) is 1. The fourth-order valence-corrected chi connectivity index (χ4v) is 3.85. The molecule has 1 amide bonds. The van der Waals surface area contributed by atoms with Crippen molar-refractivity contribution in [3.63, 3.8) is 0 Å². The van der Waals surface area contributed by atoms with Gasteiger partial charge in [0.1, 0.15) is 0 Å². The summed E-state index contributed by atoms with van der Waals surface area (Å²) in [4.78, 5) is 12.7. The molecule has 0 saturated carbocycles. The number of nitrogens with zero attached hydrogens (tertiary/aromatic N) is 1. The molecule has 1 rings (SSSR count). The molecule has 0 aliphatic carbocycles. The van der Waals surface area contributed by atoms with Gasteiger partial charge in [-0.2, -0.15) is 0 Å². The molecule has 120 valence electrons. The number of rotatable bonds is 3. The standard InChI is InChI=1S/C16H29NO3Si/c1-8-16(9-2)10-11-17(14(18)19)12-13(16)20-21(6,7)15(3,4)5/h1,13H,9-12H2,2-7H3,(H,18,19). The zero-order valence-electron chi connectivity index (χ0n) is 14.2. The lowest BCUT2D eigenvalue weighted by Gasteiger charge is -2.48. The molecule has 1 aliphatic rings. The minimum absolute atomic E-state index is 0.0760. The van der Waals surface area contributed by atoms with Crippen molar-refractivity contribution in [1.29, 1.82) is 0 Å². The molecule has 1 fully saturated rings. The summed E-state index contributed by atoms with van der Waals surface area (Å²) in [5.74, 6) is 2.93. The van der Waals surface area contributed by atoms with Gasteiger partial charge >= 0.3 is 6.09 Å². The van der Waals surface area contributed by atoms with Crippen LogP contribution in [0.25, 0.3) is 0 Å². The van der Waals surface area contributed by atoms with E-state index in [1.807, 2.05) is 0 Å². The smallest absolute Gasteiger partial charge is 0.407 e. The van der Waals surface area contributed by atoms with Crippen LogP contribution in [-0.4, -0.2) is 43.6 Å². The van der Waals surface area contributed by atoms with Gasteiger partial charge in [0.05, 0.1) is 18.1 Å². The highest BCUT2D eigenvalue weighted by molar-refractivity contribution is 6.74. The molecule has 1 saturated heterocycles. The van der Waals surface area contributed by atoms with Crippen LogP contribution < -0.4 is 0 Å². The quantitative estimate of drug-likeness (QED) is 0.637. The first-order valence-corrected chi connectivity index (χ1v) is 10.5. The molecule has 0 bridgehead atoms. The largest absolute Gasteiger partial charge is 0.465 e. The average Bonchev–Trinajstić information content (AvgIpc) is 2.37. The van der Waals surface area contributed by atoms with Crippen LogP contribution in [0.1, 0.15) is 40.5 Å². The van der Waals surface area contributed by atoms with Gasteiger partial charge in [-0.3, -0.25) is 0 Å². The molecule has 0 spiro atoms. The van der Waals surface area contributed by atoms with E-state index in [-0.39, 0.29) is 16.6 Å². The molecule has 0 radical (unpaired) electrons. The molecule has 1 heterocycles. The molecule has 0 aromatic heterocycles. The molecule has 0 aromatic carbocycles. The van der Waals surface area contributed by atoms with Gasteiger partial charge in [0.2, 0.25) is 0 Å². The Morgan fingerprint density at radius 1 is 1.52 bits per heavy atom. The highest BCUT2D eigenvalue weighted by Crippen LogP contribution is 2.43. The molecular formula is C16H29NO3Si. The summed E-state index contributed by atoms with van der Waals surface area (Å²) in [6, 6.07) is 0. The first-order valence-electron chi connectivity index (χ1n) is 7.62. The minimum atomic E-state index is -1.99. The maximum Gasteiger partial charge on any atom is 0.407 e. The van der Waals surface area contributed by atoms with Crippen molar-refractivity contribution in [2.45, 2.75) is 64.8 Å². The van der Waals surface area contributed by atoms with E-state index in [9.17, 15) is 9.90 Å². The molecule has 5 heteroatoms. The number of hydrogen-bond acceptors (Lipinski definition) is 2. The molecule has 1 aliphatic heterocycles. The Bertz CT molecular complexity index is 436. The van der Waals surface area contributed by atoms with Crippen LogP contribution >= 0.6 is 0 Å². The monoisotopic (exact) mass is 311 g/mol. The fourth-order valence-electron chi connectivity index (χ4n) is 2.49. The van der Waals surface area contributed by atoms with E-state index < -0.39 is 14.4 Å². The normalized spacial score (nSPS) is 27.3. The van der Waals surface area contributed by atoms with Gasteiger partial charge in [-0.1, -0.05) is 33.6 Å². The van der Waals surface area contributed by atoms with E-state index >= 15 is 0 Å². The summed E-state index contributed by atoms with van der Waals surface area (Å²) < 4.78 is 6.51. The third-order valence-corrected chi connectivity index (χ3v) is 9.75. The van der Waals surface area contributed by atoms with Gasteiger partial charge in [-0.05, 0) is 31.0 Å². The van der Waals surface area contributed by atoms with Crippen LogP contribution in [0.5, 0.6) is 0 Å². The van der Waals surface area contributed by atoms with Crippen molar-refractivity contribution in [3.05, 3.63) is 0 Å². The predicted octanol–water partition coefficient (Wildman–Crippen LogP) is 3.79. The van der Waals surface area contributed by atoms with Gasteiger partial charge in [-0.15, -0.1) is 6.42 Å². The molecular weight excluding hydrogens is 282 g/mol. The summed E-state index contributed by atoms with van der Waals surface area (Å²) in [5, 5.41) is 9.34. The Hall–Kier alpha value is -0.993. The Kier molecular flexibility index (Phi) is 5.17. The van der Waals surface area contributed by atoms with Gasteiger partial charge in [0, 0.05) is 6.54 Å². The molecule has 1 N–H and O–H groups in total. The Morgan fingerprint density at radius 3 is 2.48 bits per heavy atom. The maximum atomic E-state index is 11.3. The van der Waals surface area contributed by atoms with Crippen LogP contribution in [-0.2, 0) is 4.43 Å². The Balaban J connectivity index is 3.06. The molecule has 21 heavy (non-hydrogen) atoms. The number of carboxylic acid groups (broad SMARTS) is 1. The first-order chi connectivity index (χ1) is 9.49. The molecule has 0 aromatic rings. The zero-order valence-corrected chi connectivity index (χ0v) is 15.2. The number of amides is 1. The fraction of sp³-hybridized carbons (Fsp3) is 0.812. The third-order valence-electron chi connectivity index (χ3n) is 5.26. The number of hydrogen-bond donors (Lipinski definition) is 1. The van der Waals surface area contributed by atoms with E-state index in [4.69, 9.17) is 10.8 Å². The van der Waals surface area contributed by atoms with Crippen LogP contribution in [0.15, 0.2) is 0 Å². The lowest BCUT2D eigenvalue weighted by atomic mass is 9.75. The van der Waals surface area contributed by atoms with Crippen LogP contribution in [0.4, 0.5) is 4.79 Å². The molecule has 2 unspecified atom stereocenters. The summed E-state index contributed by atoms with van der Waals surface area (Å²) >= 11 is 0. The second-order valence-corrected chi connectivity index (χ2v) is 12.3. The lowest BCUT2D eigenvalue weighted by molar-refractivity contribution is -0.00183. The second-order valence-electron chi connectivity index (χ2n) is 7.50. The van der Waals surface area contributed by atoms with Crippen molar-refractivity contribution in [1.82, 2.24) is 4.90 Å². The van der Waals surface area contributed by atoms with Crippen molar-refractivity contribution < 1.29 is 14.3 Å². The predicted molar refractivity (Wildman–Crippen MR) is 87.8 cm³/mol. The van der Waals surface area contributed by atoms with Crippen LogP contribution in [0.2, 0.25) is 18.1 Å². The van der Waals surface area contributed by atoms with E-state index in [1.165, 1.54) is 4.90 Å². The van der Waals surface area contributed by atoms with Crippen molar-refractivity contribution in [3.8, 4) is 12.3 Å². The third kappa shape index (κ3) is 3.61. The van der Waals surface area contributed by atoms with Crippen LogP contribution in [0.3, 0.4) is 0 Å². The summed E-state index contributed by atoms with van der Waals surface area (Å²) in [5.41, 5.74) is -0.346. The van der Waals surface area contributed by atoms with Crippen LogP contribution in [0, 0.1) is 17.8 Å². The van der Waals surface area contributed by atoms with E-state index in [1.54, 1.807) is 0 Å². The number of carbonyl (C=O) groups is 1. The Labute approximate surface area is 130 Å². The first kappa shape index (κ1) is 18.1. The van der Waals surface area contributed by atoms with Crippen molar-refractivity contribution in [2.24, 2.45) is 5.41 Å². The van der Waals surface area contributed by atoms with Crippen molar-refractivity contribution >= 4 is 14.4 Å². The maximum absolute atomic E-state index is 11.3. The zero-order chi connectivity index (χ0) is 16.5. The van der Waals surface area contributed by atoms with Gasteiger partial charge in [0.15, 0.2) is 8.32 Å². The van der Waals surface area contributed by atoms with E-state index in [2.05, 4.69) is 46.7 Å². The summed E-state index contributed by atoms with van der Waals surface area (Å²) in [7, 11) is -1.99. The minimum Gasteiger partial charge on any atom is -0.465 e.